The summed E-state index contributed by atoms with van der Waals surface area (Å²) >= 11 is 0. The van der Waals surface area contributed by atoms with Gasteiger partial charge in [0.25, 0.3) is 0 Å². The molecule has 2 heterocycles. The summed E-state index contributed by atoms with van der Waals surface area (Å²) in [5.74, 6) is 1.66. The molecule has 0 aliphatic carbocycles. The maximum absolute atomic E-state index is 13.8. The highest BCUT2D eigenvalue weighted by molar-refractivity contribution is 6.57. The average molecular weight is 1080 g/mol. The molecule has 434 valence electrons. The zero-order valence-electron chi connectivity index (χ0n) is 46.4. The molecular formula is C50H95BN20O6. The standard InChI is InChI=1S/C50H95BN20O6/c1-40-64-47(68-34-32-67(33-35-68)42(73)23-13-3-2-12-22-41(51)72)66-48(65-40)69(36-38-76-49(74)70(28-18-8-4-14-24-60-43(52)53)29-19-9-5-15-25-61-44(54)55)37-39-77-50(75)71(30-20-10-6-16-26-62-45(56)57)31-21-11-7-17-27-63-46(58)59/h2-39H2,1H3,(H4,52,53,60)(H4,54,55,61)(H4,56,57,62)(H4,58,59,63). The number of carbonyl (C=O) groups excluding carboxylic acids is 4. The summed E-state index contributed by atoms with van der Waals surface area (Å²) in [5, 5.41) is 0. The van der Waals surface area contributed by atoms with Crippen molar-refractivity contribution >= 4 is 67.4 Å². The molecule has 2 rings (SSSR count). The Labute approximate surface area is 458 Å². The molecule has 3 amide bonds. The van der Waals surface area contributed by atoms with Gasteiger partial charge in [0.2, 0.25) is 17.8 Å². The molecule has 0 bridgehead atoms. The number of hydrogen-bond acceptors (Lipinski definition) is 15. The third kappa shape index (κ3) is 34.0. The fraction of sp³-hybridized carbons (Fsp3) is 0.780. The molecule has 1 aromatic rings. The number of aryl methyl sites for hydroxylation is 1. The molecule has 1 aliphatic heterocycles. The number of aromatic nitrogens is 3. The predicted octanol–water partition coefficient (Wildman–Crippen LogP) is 1.88. The average Bonchev–Trinajstić information content (AvgIpc) is 3.38. The van der Waals surface area contributed by atoms with E-state index in [0.29, 0.717) is 109 Å². The number of unbranched alkanes of at least 4 members (excludes halogenated alkanes) is 15. The Morgan fingerprint density at radius 1 is 0.481 bits per heavy atom. The number of amides is 3. The van der Waals surface area contributed by atoms with Crippen molar-refractivity contribution in [3.63, 3.8) is 0 Å². The van der Waals surface area contributed by atoms with E-state index in [0.717, 1.165) is 128 Å². The molecule has 0 spiro atoms. The number of piperazine rings is 1. The molecule has 1 fully saturated rings. The molecule has 1 saturated heterocycles. The topological polar surface area (TPSA) is 399 Å². The van der Waals surface area contributed by atoms with Crippen LogP contribution in [0.3, 0.4) is 0 Å². The molecular weight excluding hydrogens is 987 g/mol. The third-order valence-corrected chi connectivity index (χ3v) is 12.7. The van der Waals surface area contributed by atoms with Crippen molar-refractivity contribution in [2.24, 2.45) is 65.8 Å². The van der Waals surface area contributed by atoms with Crippen molar-refractivity contribution in [3.05, 3.63) is 5.82 Å². The van der Waals surface area contributed by atoms with Gasteiger partial charge in [-0.3, -0.25) is 24.8 Å². The van der Waals surface area contributed by atoms with E-state index in [4.69, 9.17) is 73.2 Å². The molecule has 2 radical (unpaired) electrons. The molecule has 77 heavy (non-hydrogen) atoms. The van der Waals surface area contributed by atoms with Crippen LogP contribution in [0.5, 0.6) is 0 Å². The number of anilines is 2. The molecule has 0 unspecified atom stereocenters. The van der Waals surface area contributed by atoms with Crippen LogP contribution in [0, 0.1) is 6.92 Å². The Balaban J connectivity index is 2.24. The predicted molar refractivity (Wildman–Crippen MR) is 306 cm³/mol. The van der Waals surface area contributed by atoms with Gasteiger partial charge >= 0.3 is 12.2 Å². The number of nitrogens with two attached hydrogens (primary N) is 8. The molecule has 26 nitrogen and oxygen atoms in total. The first kappa shape index (κ1) is 66.5. The van der Waals surface area contributed by atoms with Crippen molar-refractivity contribution in [2.45, 2.75) is 148 Å². The Kier molecular flexibility index (Phi) is 35.9. The number of aliphatic imine (C=N–C) groups is 4. The van der Waals surface area contributed by atoms with Crippen LogP contribution >= 0.6 is 0 Å². The molecule has 1 aromatic heterocycles. The number of rotatable bonds is 43. The van der Waals surface area contributed by atoms with Crippen LogP contribution < -0.4 is 55.7 Å². The molecule has 0 aromatic carbocycles. The third-order valence-electron chi connectivity index (χ3n) is 12.7. The van der Waals surface area contributed by atoms with E-state index in [2.05, 4.69) is 25.0 Å². The van der Waals surface area contributed by atoms with Gasteiger partial charge in [-0.25, -0.2) is 9.59 Å². The summed E-state index contributed by atoms with van der Waals surface area (Å²) in [6, 6.07) is 0. The van der Waals surface area contributed by atoms with Crippen LogP contribution in [0.1, 0.15) is 147 Å². The van der Waals surface area contributed by atoms with E-state index in [9.17, 15) is 19.2 Å². The van der Waals surface area contributed by atoms with Crippen molar-refractivity contribution in [1.29, 1.82) is 0 Å². The van der Waals surface area contributed by atoms with E-state index in [1.54, 1.807) is 16.7 Å². The quantitative estimate of drug-likeness (QED) is 0.0200. The minimum atomic E-state index is -0.427. The largest absolute Gasteiger partial charge is 0.448 e. The lowest BCUT2D eigenvalue weighted by Crippen LogP contribution is -2.49. The lowest BCUT2D eigenvalue weighted by Gasteiger charge is -2.35. The monoisotopic (exact) mass is 1080 g/mol. The van der Waals surface area contributed by atoms with Crippen LogP contribution in [0.4, 0.5) is 21.5 Å². The Bertz CT molecular complexity index is 1800. The Hall–Kier alpha value is -6.57. The number of ether oxygens (including phenoxy) is 2. The Morgan fingerprint density at radius 3 is 1.22 bits per heavy atom. The lowest BCUT2D eigenvalue weighted by molar-refractivity contribution is -0.131. The first-order valence-corrected chi connectivity index (χ1v) is 27.9. The second-order valence-corrected chi connectivity index (χ2v) is 19.3. The summed E-state index contributed by atoms with van der Waals surface area (Å²) in [6.07, 6.45) is 16.8. The maximum Gasteiger partial charge on any atom is 0.409 e. The fourth-order valence-electron chi connectivity index (χ4n) is 8.45. The van der Waals surface area contributed by atoms with Crippen LogP contribution in [-0.4, -0.2) is 190 Å². The zero-order valence-corrected chi connectivity index (χ0v) is 46.4. The van der Waals surface area contributed by atoms with Crippen molar-refractivity contribution in [3.8, 4) is 0 Å². The van der Waals surface area contributed by atoms with Crippen molar-refractivity contribution in [2.75, 3.05) is 115 Å². The summed E-state index contributed by atoms with van der Waals surface area (Å²) in [4.78, 5) is 91.6. The maximum atomic E-state index is 13.8. The van der Waals surface area contributed by atoms with E-state index >= 15 is 0 Å². The van der Waals surface area contributed by atoms with Crippen molar-refractivity contribution in [1.82, 2.24) is 29.7 Å². The zero-order chi connectivity index (χ0) is 56.5. The second-order valence-electron chi connectivity index (χ2n) is 19.3. The lowest BCUT2D eigenvalue weighted by atomic mass is 9.96. The van der Waals surface area contributed by atoms with Gasteiger partial charge in [-0.15, -0.1) is 0 Å². The van der Waals surface area contributed by atoms with Gasteiger partial charge in [-0.2, -0.15) is 15.0 Å². The van der Waals surface area contributed by atoms with Gasteiger partial charge in [0.15, 0.2) is 31.7 Å². The van der Waals surface area contributed by atoms with Gasteiger partial charge < -0.3 is 84.6 Å². The first-order chi connectivity index (χ1) is 37.0. The second kappa shape index (κ2) is 41.6. The van der Waals surface area contributed by atoms with Gasteiger partial charge in [-0.05, 0) is 77.6 Å². The minimum Gasteiger partial charge on any atom is -0.448 e. The smallest absolute Gasteiger partial charge is 0.409 e. The summed E-state index contributed by atoms with van der Waals surface area (Å²) < 4.78 is 12.0. The summed E-state index contributed by atoms with van der Waals surface area (Å²) in [6.45, 7) is 8.56. The van der Waals surface area contributed by atoms with Crippen molar-refractivity contribution < 1.29 is 28.7 Å². The summed E-state index contributed by atoms with van der Waals surface area (Å²) in [5.41, 5.74) is 43.5. The van der Waals surface area contributed by atoms with E-state index in [1.165, 1.54) is 0 Å². The molecule has 16 N–H and O–H groups in total. The van der Waals surface area contributed by atoms with E-state index < -0.39 is 12.2 Å². The highest BCUT2D eigenvalue weighted by Crippen LogP contribution is 2.18. The molecule has 27 heteroatoms. The number of carbonyl (C=O) groups is 4. The van der Waals surface area contributed by atoms with Crippen LogP contribution in [0.2, 0.25) is 0 Å². The highest BCUT2D eigenvalue weighted by atomic mass is 16.6. The summed E-state index contributed by atoms with van der Waals surface area (Å²) in [7, 11) is 5.25. The normalized spacial score (nSPS) is 12.1. The SMILES string of the molecule is [B]C(=O)CCCCCCC(=O)N1CCN(c2nc(C)nc(N(CCOC(=O)N(CCCCCCN=C(N)N)CCCCCCN=C(N)N)CCOC(=O)N(CCCCCCN=C(N)N)CCCCCCN=C(N)N)n2)CC1. The first-order valence-electron chi connectivity index (χ1n) is 27.9. The number of hydrogen-bond donors (Lipinski definition) is 8. The van der Waals surface area contributed by atoms with E-state index in [-0.39, 0.29) is 61.7 Å². The van der Waals surface area contributed by atoms with Gasteiger partial charge in [-0.1, -0.05) is 64.2 Å². The minimum absolute atomic E-state index is 0.00476. The Morgan fingerprint density at radius 2 is 0.844 bits per heavy atom. The number of guanidine groups is 4. The van der Waals surface area contributed by atoms with Crippen LogP contribution in [-0.2, 0) is 19.1 Å². The highest BCUT2D eigenvalue weighted by Gasteiger charge is 2.25. The molecule has 0 saturated carbocycles. The van der Waals surface area contributed by atoms with Gasteiger partial charge in [0, 0.05) is 85.0 Å². The molecule has 1 aliphatic rings. The fourth-order valence-corrected chi connectivity index (χ4v) is 8.45. The van der Waals surface area contributed by atoms with Crippen LogP contribution in [0.25, 0.3) is 0 Å². The number of nitrogens with zero attached hydrogens (tertiary/aromatic N) is 12. The van der Waals surface area contributed by atoms with Gasteiger partial charge in [0.1, 0.15) is 19.0 Å². The van der Waals surface area contributed by atoms with E-state index in [1.807, 2.05) is 14.7 Å². The van der Waals surface area contributed by atoms with Gasteiger partial charge in [0.05, 0.1) is 18.8 Å². The molecule has 0 atom stereocenters. The van der Waals surface area contributed by atoms with Crippen LogP contribution in [0.15, 0.2) is 20.0 Å².